The first-order valence-electron chi connectivity index (χ1n) is 14.4. The van der Waals surface area contributed by atoms with Crippen molar-refractivity contribution in [3.8, 4) is 11.8 Å². The van der Waals surface area contributed by atoms with E-state index >= 15 is 0 Å². The molecule has 232 valence electrons. The first-order chi connectivity index (χ1) is 21.7. The number of methoxy groups -OCH3 is 1. The lowest BCUT2D eigenvalue weighted by atomic mass is 10.1. The average Bonchev–Trinajstić information content (AvgIpc) is 3.41. The lowest BCUT2D eigenvalue weighted by molar-refractivity contribution is -0.124. The molecule has 0 aliphatic rings. The predicted octanol–water partition coefficient (Wildman–Crippen LogP) is 6.39. The maximum atomic E-state index is 13.0. The Balaban J connectivity index is 1.26. The topological polar surface area (TPSA) is 98.6 Å². The third-order valence-corrected chi connectivity index (χ3v) is 8.18. The number of aromatic nitrogens is 3. The summed E-state index contributed by atoms with van der Waals surface area (Å²) in [5.74, 6) is -0.0205. The van der Waals surface area contributed by atoms with Gasteiger partial charge in [-0.05, 0) is 55.3 Å². The monoisotopic (exact) mass is 645 g/mol. The summed E-state index contributed by atoms with van der Waals surface area (Å²) in [7, 11) is 3.16. The molecule has 0 aliphatic heterocycles. The van der Waals surface area contributed by atoms with Gasteiger partial charge >= 0.3 is 0 Å². The van der Waals surface area contributed by atoms with E-state index in [9.17, 15) is 9.59 Å². The van der Waals surface area contributed by atoms with Crippen LogP contribution in [-0.4, -0.2) is 47.1 Å². The van der Waals surface area contributed by atoms with E-state index < -0.39 is 0 Å². The number of carbonyl (C=O) groups is 2. The second kappa shape index (κ2) is 14.5. The van der Waals surface area contributed by atoms with Crippen molar-refractivity contribution in [2.45, 2.75) is 32.9 Å². The van der Waals surface area contributed by atoms with Crippen LogP contribution in [0.1, 0.15) is 28.8 Å². The number of pyridine rings is 1. The second-order valence-electron chi connectivity index (χ2n) is 10.5. The van der Waals surface area contributed by atoms with Crippen molar-refractivity contribution in [1.82, 2.24) is 19.9 Å². The van der Waals surface area contributed by atoms with Gasteiger partial charge in [0.25, 0.3) is 6.01 Å². The number of rotatable bonds is 12. The maximum absolute atomic E-state index is 13.0. The van der Waals surface area contributed by atoms with E-state index in [-0.39, 0.29) is 36.4 Å². The summed E-state index contributed by atoms with van der Waals surface area (Å²) >= 11 is 13.3. The van der Waals surface area contributed by atoms with Crippen molar-refractivity contribution in [3.05, 3.63) is 111 Å². The zero-order valence-corrected chi connectivity index (χ0v) is 26.7. The highest BCUT2D eigenvalue weighted by atomic mass is 35.5. The number of likely N-dealkylation sites (N-methyl/N-ethyl adjacent to an activating group) is 1. The highest BCUT2D eigenvalue weighted by Gasteiger charge is 2.21. The fraction of sp³-hybridized carbons (Fsp3) is 0.235. The van der Waals surface area contributed by atoms with Crippen LogP contribution in [0.2, 0.25) is 10.0 Å². The third-order valence-electron chi connectivity index (χ3n) is 7.41. The standard InChI is InChI=1S/C34H33Cl2N5O4/c1-22-10-12-23(13-11-22)14-17-30(42)38-19-31(43)40(2)27-16-15-26(35)25(32(27)36)21-45-29-9-6-8-28-33(29)39-34(44-3)41(28)20-24-7-4-5-18-37-24/h4-13,15-16,18H,14,17,19-21H2,1-3H3,(H,38,42). The number of fused-ring (bicyclic) bond motifs is 1. The molecule has 0 spiro atoms. The van der Waals surface area contributed by atoms with E-state index in [1.165, 1.54) is 4.90 Å². The molecule has 0 unspecified atom stereocenters. The van der Waals surface area contributed by atoms with Gasteiger partial charge in [0.1, 0.15) is 17.9 Å². The molecule has 2 heterocycles. The molecule has 0 radical (unpaired) electrons. The third kappa shape index (κ3) is 7.56. The Bertz CT molecular complexity index is 1810. The molecule has 0 atom stereocenters. The van der Waals surface area contributed by atoms with Gasteiger partial charge in [-0.1, -0.05) is 65.2 Å². The van der Waals surface area contributed by atoms with Gasteiger partial charge in [-0.25, -0.2) is 0 Å². The Labute approximate surface area is 271 Å². The summed E-state index contributed by atoms with van der Waals surface area (Å²) in [6.07, 6.45) is 2.61. The lowest BCUT2D eigenvalue weighted by Crippen LogP contribution is -2.38. The van der Waals surface area contributed by atoms with Gasteiger partial charge in [0, 0.05) is 30.3 Å². The van der Waals surface area contributed by atoms with Crippen molar-refractivity contribution in [2.24, 2.45) is 0 Å². The van der Waals surface area contributed by atoms with Crippen molar-refractivity contribution >= 4 is 51.7 Å². The van der Waals surface area contributed by atoms with E-state index in [0.29, 0.717) is 46.5 Å². The zero-order valence-electron chi connectivity index (χ0n) is 25.2. The first-order valence-corrected chi connectivity index (χ1v) is 15.1. The van der Waals surface area contributed by atoms with Crippen molar-refractivity contribution in [1.29, 1.82) is 0 Å². The fourth-order valence-corrected chi connectivity index (χ4v) is 5.44. The zero-order chi connectivity index (χ0) is 31.9. The number of aryl methyl sites for hydroxylation is 2. The number of para-hydroxylation sites is 1. The Hall–Kier alpha value is -4.60. The molecule has 2 amide bonds. The number of nitrogens with zero attached hydrogens (tertiary/aromatic N) is 4. The van der Waals surface area contributed by atoms with Crippen LogP contribution in [0.3, 0.4) is 0 Å². The number of anilines is 1. The summed E-state index contributed by atoms with van der Waals surface area (Å²) in [6.45, 7) is 2.34. The number of benzene rings is 3. The van der Waals surface area contributed by atoms with E-state index in [2.05, 4.69) is 15.3 Å². The van der Waals surface area contributed by atoms with E-state index in [0.717, 1.165) is 22.3 Å². The number of hydrogen-bond donors (Lipinski definition) is 1. The Morgan fingerprint density at radius 3 is 2.53 bits per heavy atom. The highest BCUT2D eigenvalue weighted by Crippen LogP contribution is 2.36. The average molecular weight is 647 g/mol. The molecule has 0 aliphatic carbocycles. The van der Waals surface area contributed by atoms with Gasteiger partial charge in [-0.2, -0.15) is 4.98 Å². The Kier molecular flexibility index (Phi) is 10.2. The highest BCUT2D eigenvalue weighted by molar-refractivity contribution is 6.38. The van der Waals surface area contributed by atoms with Crippen molar-refractivity contribution in [2.75, 3.05) is 25.6 Å². The molecular weight excluding hydrogens is 613 g/mol. The van der Waals surface area contributed by atoms with Crippen LogP contribution in [0.15, 0.2) is 79.0 Å². The van der Waals surface area contributed by atoms with Crippen LogP contribution in [0.5, 0.6) is 11.8 Å². The molecule has 5 aromatic rings. The first kappa shape index (κ1) is 31.8. The van der Waals surface area contributed by atoms with Crippen LogP contribution in [-0.2, 0) is 29.2 Å². The number of halogens is 2. The minimum absolute atomic E-state index is 0.0256. The van der Waals surface area contributed by atoms with Crippen LogP contribution in [0.25, 0.3) is 11.0 Å². The molecule has 5 rings (SSSR count). The molecule has 3 aromatic carbocycles. The van der Waals surface area contributed by atoms with E-state index in [1.807, 2.05) is 72.2 Å². The minimum atomic E-state index is -0.329. The second-order valence-corrected chi connectivity index (χ2v) is 11.3. The maximum Gasteiger partial charge on any atom is 0.297 e. The summed E-state index contributed by atoms with van der Waals surface area (Å²) < 4.78 is 13.7. The van der Waals surface area contributed by atoms with Gasteiger partial charge in [0.15, 0.2) is 0 Å². The van der Waals surface area contributed by atoms with Crippen LogP contribution < -0.4 is 19.7 Å². The van der Waals surface area contributed by atoms with Gasteiger partial charge in [-0.3, -0.25) is 19.1 Å². The number of ether oxygens (including phenoxy) is 2. The summed E-state index contributed by atoms with van der Waals surface area (Å²) in [5, 5.41) is 3.36. The van der Waals surface area contributed by atoms with Crippen LogP contribution >= 0.6 is 23.2 Å². The molecule has 1 N–H and O–H groups in total. The molecule has 45 heavy (non-hydrogen) atoms. The number of amides is 2. The summed E-state index contributed by atoms with van der Waals surface area (Å²) in [6, 6.07) is 23.1. The molecule has 2 aromatic heterocycles. The number of imidazole rings is 1. The van der Waals surface area contributed by atoms with Crippen molar-refractivity contribution in [3.63, 3.8) is 0 Å². The molecule has 0 saturated carbocycles. The molecule has 0 bridgehead atoms. The van der Waals surface area contributed by atoms with Crippen molar-refractivity contribution < 1.29 is 19.1 Å². The van der Waals surface area contributed by atoms with Gasteiger partial charge in [-0.15, -0.1) is 0 Å². The Morgan fingerprint density at radius 1 is 1.00 bits per heavy atom. The SMILES string of the molecule is COc1nc2c(OCc3c(Cl)ccc(N(C)C(=O)CNC(=O)CCc4ccc(C)cc4)c3Cl)cccc2n1Cc1ccccn1. The number of nitrogens with one attached hydrogen (secondary N) is 1. The van der Waals surface area contributed by atoms with Gasteiger partial charge in [0.2, 0.25) is 11.8 Å². The quantitative estimate of drug-likeness (QED) is 0.169. The van der Waals surface area contributed by atoms with Crippen LogP contribution in [0, 0.1) is 6.92 Å². The Morgan fingerprint density at radius 2 is 1.80 bits per heavy atom. The van der Waals surface area contributed by atoms with Gasteiger partial charge in [0.05, 0.1) is 42.1 Å². The summed E-state index contributed by atoms with van der Waals surface area (Å²) in [5.41, 5.74) is 5.46. The predicted molar refractivity (Wildman–Crippen MR) is 176 cm³/mol. The molecule has 11 heteroatoms. The lowest BCUT2D eigenvalue weighted by Gasteiger charge is -2.21. The van der Waals surface area contributed by atoms with Gasteiger partial charge < -0.3 is 19.7 Å². The smallest absolute Gasteiger partial charge is 0.297 e. The largest absolute Gasteiger partial charge is 0.486 e. The molecule has 0 saturated heterocycles. The molecular formula is C34H33Cl2N5O4. The number of carbonyl (C=O) groups excluding carboxylic acids is 2. The normalized spacial score (nSPS) is 11.0. The molecule has 9 nitrogen and oxygen atoms in total. The minimum Gasteiger partial charge on any atom is -0.486 e. The molecule has 0 fully saturated rings. The van der Waals surface area contributed by atoms with Crippen LogP contribution in [0.4, 0.5) is 5.69 Å². The van der Waals surface area contributed by atoms with E-state index in [4.69, 9.17) is 32.7 Å². The van der Waals surface area contributed by atoms with E-state index in [1.54, 1.807) is 32.5 Å². The fourth-order valence-electron chi connectivity index (χ4n) is 4.83. The summed E-state index contributed by atoms with van der Waals surface area (Å²) in [4.78, 5) is 35.9. The number of hydrogen-bond acceptors (Lipinski definition) is 6.